The maximum atomic E-state index is 12.5. The van der Waals surface area contributed by atoms with E-state index in [-0.39, 0.29) is 11.9 Å². The van der Waals surface area contributed by atoms with Crippen LogP contribution in [0.25, 0.3) is 0 Å². The first-order valence-corrected chi connectivity index (χ1v) is 7.65. The molecule has 6 heteroatoms. The summed E-state index contributed by atoms with van der Waals surface area (Å²) < 4.78 is 5.11. The third kappa shape index (κ3) is 2.92. The molecule has 2 aliphatic heterocycles. The minimum Gasteiger partial charge on any atom is -0.497 e. The van der Waals surface area contributed by atoms with Crippen LogP contribution in [0.4, 0.5) is 4.79 Å². The van der Waals surface area contributed by atoms with Crippen molar-refractivity contribution in [1.29, 1.82) is 0 Å². The zero-order valence-electron chi connectivity index (χ0n) is 12.7. The number of carbonyl (C=O) groups is 2. The number of rotatable bonds is 4. The Balaban J connectivity index is 1.69. The summed E-state index contributed by atoms with van der Waals surface area (Å²) in [7, 11) is 1.59. The van der Waals surface area contributed by atoms with Crippen molar-refractivity contribution < 1.29 is 14.3 Å². The Kier molecular flexibility index (Phi) is 4.29. The first-order valence-electron chi connectivity index (χ1n) is 7.65. The summed E-state index contributed by atoms with van der Waals surface area (Å²) in [6.07, 6.45) is 2.15. The Morgan fingerprint density at radius 2 is 2.05 bits per heavy atom. The van der Waals surface area contributed by atoms with E-state index in [4.69, 9.17) is 4.74 Å². The van der Waals surface area contributed by atoms with Gasteiger partial charge in [-0.25, -0.2) is 4.79 Å². The minimum atomic E-state index is -0.588. The fourth-order valence-electron chi connectivity index (χ4n) is 3.05. The molecule has 2 heterocycles. The zero-order chi connectivity index (χ0) is 15.5. The molecule has 1 aromatic carbocycles. The van der Waals surface area contributed by atoms with Crippen molar-refractivity contribution >= 4 is 11.9 Å². The molecule has 2 unspecified atom stereocenters. The Hall–Kier alpha value is -2.08. The van der Waals surface area contributed by atoms with E-state index in [0.29, 0.717) is 12.5 Å². The smallest absolute Gasteiger partial charge is 0.325 e. The van der Waals surface area contributed by atoms with Crippen molar-refractivity contribution in [2.45, 2.75) is 18.9 Å². The molecule has 118 valence electrons. The van der Waals surface area contributed by atoms with Crippen LogP contribution in [-0.4, -0.2) is 43.6 Å². The van der Waals surface area contributed by atoms with Gasteiger partial charge in [-0.1, -0.05) is 12.1 Å². The average Bonchev–Trinajstić information content (AvgIpc) is 2.84. The molecule has 3 rings (SSSR count). The molecular formula is C16H21N3O3. The number of benzene rings is 1. The molecule has 22 heavy (non-hydrogen) atoms. The van der Waals surface area contributed by atoms with Gasteiger partial charge in [-0.05, 0) is 49.5 Å². The quantitative estimate of drug-likeness (QED) is 0.822. The van der Waals surface area contributed by atoms with E-state index >= 15 is 0 Å². The van der Waals surface area contributed by atoms with Crippen LogP contribution in [0, 0.1) is 5.92 Å². The summed E-state index contributed by atoms with van der Waals surface area (Å²) in [6, 6.07) is 6.33. The van der Waals surface area contributed by atoms with Crippen LogP contribution in [0.2, 0.25) is 0 Å². The van der Waals surface area contributed by atoms with Crippen LogP contribution in [0.1, 0.15) is 24.4 Å². The van der Waals surface area contributed by atoms with E-state index in [9.17, 15) is 9.59 Å². The Bertz CT molecular complexity index is 552. The second-order valence-corrected chi connectivity index (χ2v) is 5.82. The molecule has 0 spiro atoms. The van der Waals surface area contributed by atoms with Crippen molar-refractivity contribution in [3.8, 4) is 5.75 Å². The van der Waals surface area contributed by atoms with Crippen LogP contribution < -0.4 is 15.4 Å². The van der Waals surface area contributed by atoms with E-state index in [1.165, 1.54) is 4.90 Å². The summed E-state index contributed by atoms with van der Waals surface area (Å²) >= 11 is 0. The number of amides is 3. The monoisotopic (exact) mass is 303 g/mol. The summed E-state index contributed by atoms with van der Waals surface area (Å²) in [4.78, 5) is 26.0. The average molecular weight is 303 g/mol. The summed E-state index contributed by atoms with van der Waals surface area (Å²) in [5.41, 5.74) is 0.781. The van der Waals surface area contributed by atoms with Crippen molar-refractivity contribution in [2.24, 2.45) is 5.92 Å². The van der Waals surface area contributed by atoms with Gasteiger partial charge in [0.15, 0.2) is 0 Å². The fraction of sp³-hybridized carbons (Fsp3) is 0.500. The molecule has 2 atom stereocenters. The maximum Gasteiger partial charge on any atom is 0.325 e. The lowest BCUT2D eigenvalue weighted by molar-refractivity contribution is -0.128. The number of piperidine rings is 1. The fourth-order valence-corrected chi connectivity index (χ4v) is 3.05. The predicted octanol–water partition coefficient (Wildman–Crippen LogP) is 1.29. The molecule has 6 nitrogen and oxygen atoms in total. The number of methoxy groups -OCH3 is 1. The summed E-state index contributed by atoms with van der Waals surface area (Å²) in [5, 5.41) is 6.08. The van der Waals surface area contributed by atoms with Crippen molar-refractivity contribution in [3.63, 3.8) is 0 Å². The number of imide groups is 1. The molecule has 1 aromatic rings. The second kappa shape index (κ2) is 6.36. The Labute approximate surface area is 129 Å². The van der Waals surface area contributed by atoms with Gasteiger partial charge in [0, 0.05) is 6.54 Å². The molecule has 0 bridgehead atoms. The molecular weight excluding hydrogens is 282 g/mol. The van der Waals surface area contributed by atoms with Gasteiger partial charge in [0.1, 0.15) is 11.8 Å². The van der Waals surface area contributed by atoms with E-state index in [2.05, 4.69) is 10.6 Å². The molecule has 2 fully saturated rings. The highest BCUT2D eigenvalue weighted by atomic mass is 16.5. The minimum absolute atomic E-state index is 0.166. The second-order valence-electron chi connectivity index (χ2n) is 5.82. The van der Waals surface area contributed by atoms with E-state index in [1.807, 2.05) is 12.1 Å². The number of nitrogens with one attached hydrogen (secondary N) is 2. The number of carbonyl (C=O) groups excluding carboxylic acids is 2. The van der Waals surface area contributed by atoms with Crippen molar-refractivity contribution in [2.75, 3.05) is 26.7 Å². The van der Waals surface area contributed by atoms with Gasteiger partial charge in [-0.2, -0.15) is 0 Å². The number of urea groups is 1. The number of nitrogens with zero attached hydrogens (tertiary/aromatic N) is 1. The van der Waals surface area contributed by atoms with Gasteiger partial charge < -0.3 is 15.4 Å². The van der Waals surface area contributed by atoms with Crippen molar-refractivity contribution in [1.82, 2.24) is 15.5 Å². The molecule has 2 saturated heterocycles. The molecule has 3 amide bonds. The lowest BCUT2D eigenvalue weighted by Gasteiger charge is -2.25. The Morgan fingerprint density at radius 1 is 1.27 bits per heavy atom. The van der Waals surface area contributed by atoms with Gasteiger partial charge in [0.05, 0.1) is 7.11 Å². The van der Waals surface area contributed by atoms with Gasteiger partial charge in [-0.3, -0.25) is 9.69 Å². The van der Waals surface area contributed by atoms with Crippen LogP contribution in [0.5, 0.6) is 5.75 Å². The zero-order valence-corrected chi connectivity index (χ0v) is 12.7. The van der Waals surface area contributed by atoms with Crippen LogP contribution in [-0.2, 0) is 4.79 Å². The highest BCUT2D eigenvalue weighted by Crippen LogP contribution is 2.25. The van der Waals surface area contributed by atoms with E-state index < -0.39 is 6.04 Å². The normalized spacial score (nSPS) is 25.2. The third-order valence-corrected chi connectivity index (χ3v) is 4.31. The number of hydrogen-bond acceptors (Lipinski definition) is 4. The molecule has 0 saturated carbocycles. The topological polar surface area (TPSA) is 70.7 Å². The van der Waals surface area contributed by atoms with E-state index in [0.717, 1.165) is 37.2 Å². The van der Waals surface area contributed by atoms with Crippen LogP contribution in [0.15, 0.2) is 24.3 Å². The molecule has 2 N–H and O–H groups in total. The third-order valence-electron chi connectivity index (χ3n) is 4.31. The van der Waals surface area contributed by atoms with Crippen LogP contribution >= 0.6 is 0 Å². The lowest BCUT2D eigenvalue weighted by Crippen LogP contribution is -2.41. The van der Waals surface area contributed by atoms with Crippen molar-refractivity contribution in [3.05, 3.63) is 29.8 Å². The highest BCUT2D eigenvalue weighted by molar-refractivity contribution is 6.04. The first-order chi connectivity index (χ1) is 10.7. The first kappa shape index (κ1) is 14.8. The predicted molar refractivity (Wildman–Crippen MR) is 81.6 cm³/mol. The highest BCUT2D eigenvalue weighted by Gasteiger charge is 2.39. The van der Waals surface area contributed by atoms with E-state index in [1.54, 1.807) is 19.2 Å². The standard InChI is InChI=1S/C16H21N3O3/c1-22-13-6-4-12(5-7-13)14-15(20)19(16(21)18-14)10-11-3-2-8-17-9-11/h4-7,11,14,17H,2-3,8-10H2,1H3,(H,18,21). The van der Waals surface area contributed by atoms with Gasteiger partial charge in [0.25, 0.3) is 5.91 Å². The molecule has 0 aliphatic carbocycles. The van der Waals surface area contributed by atoms with Gasteiger partial charge >= 0.3 is 6.03 Å². The molecule has 0 radical (unpaired) electrons. The largest absolute Gasteiger partial charge is 0.497 e. The number of ether oxygens (including phenoxy) is 1. The molecule has 0 aromatic heterocycles. The van der Waals surface area contributed by atoms with Crippen LogP contribution in [0.3, 0.4) is 0 Å². The van der Waals surface area contributed by atoms with Gasteiger partial charge in [0.2, 0.25) is 0 Å². The SMILES string of the molecule is COc1ccc(C2NC(=O)N(CC3CCCNC3)C2=O)cc1. The maximum absolute atomic E-state index is 12.5. The summed E-state index contributed by atoms with van der Waals surface area (Å²) in [6.45, 7) is 2.37. The molecule has 2 aliphatic rings. The summed E-state index contributed by atoms with van der Waals surface area (Å²) in [5.74, 6) is 0.907. The number of hydrogen-bond donors (Lipinski definition) is 2. The van der Waals surface area contributed by atoms with Gasteiger partial charge in [-0.15, -0.1) is 0 Å². The lowest BCUT2D eigenvalue weighted by atomic mass is 9.99. The Morgan fingerprint density at radius 3 is 2.68 bits per heavy atom.